The van der Waals surface area contributed by atoms with Gasteiger partial charge in [0.2, 0.25) is 0 Å². The predicted molar refractivity (Wildman–Crippen MR) is 81.8 cm³/mol. The molecule has 0 aliphatic heterocycles. The van der Waals surface area contributed by atoms with E-state index in [0.717, 1.165) is 28.8 Å². The number of hydrogen-bond donors (Lipinski definition) is 2. The number of aryl methyl sites for hydroxylation is 2. The minimum absolute atomic E-state index is 0.359. The minimum Gasteiger partial charge on any atom is -0.550 e. The highest BCUT2D eigenvalue weighted by Gasteiger charge is 2.01. The van der Waals surface area contributed by atoms with Crippen molar-refractivity contribution in [2.75, 3.05) is 26.4 Å². The maximum absolute atomic E-state index is 9.61. The molecule has 0 bridgehead atoms. The van der Waals surface area contributed by atoms with Gasteiger partial charge in [-0.1, -0.05) is 11.8 Å². The minimum atomic E-state index is -1.33. The molecule has 0 saturated carbocycles. The molecule has 22 heavy (non-hydrogen) atoms. The lowest BCUT2D eigenvalue weighted by atomic mass is 10.3. The Hall–Kier alpha value is -1.67. The van der Waals surface area contributed by atoms with Gasteiger partial charge in [0.25, 0.3) is 0 Å². The molecule has 7 nitrogen and oxygen atoms in total. The molecule has 1 aromatic rings. The van der Waals surface area contributed by atoms with Gasteiger partial charge in [0, 0.05) is 17.4 Å². The van der Waals surface area contributed by atoms with Crippen LogP contribution in [-0.4, -0.2) is 53.4 Å². The second-order valence-electron chi connectivity index (χ2n) is 5.00. The van der Waals surface area contributed by atoms with Crippen molar-refractivity contribution in [3.8, 4) is 0 Å². The Morgan fingerprint density at radius 2 is 1.77 bits per heavy atom. The molecule has 8 heteroatoms. The van der Waals surface area contributed by atoms with Gasteiger partial charge in [-0.05, 0) is 26.3 Å². The molecule has 0 aliphatic rings. The molecule has 1 heterocycles. The number of aliphatic carboxylic acids is 2. The highest BCUT2D eigenvalue weighted by atomic mass is 32.2. The van der Waals surface area contributed by atoms with Crippen LogP contribution in [-0.2, 0) is 9.59 Å². The van der Waals surface area contributed by atoms with Crippen LogP contribution in [0.2, 0.25) is 0 Å². The molecule has 0 unspecified atom stereocenters. The van der Waals surface area contributed by atoms with Crippen molar-refractivity contribution < 1.29 is 24.7 Å². The van der Waals surface area contributed by atoms with Crippen molar-refractivity contribution in [2.24, 2.45) is 0 Å². The Morgan fingerprint density at radius 3 is 2.14 bits per heavy atom. The van der Waals surface area contributed by atoms with Gasteiger partial charge in [-0.2, -0.15) is 0 Å². The van der Waals surface area contributed by atoms with Crippen molar-refractivity contribution in [1.29, 1.82) is 0 Å². The molecule has 0 aromatic carbocycles. The average molecular weight is 329 g/mol. The number of carbonyl (C=O) groups excluding carboxylic acids is 1. The molecular formula is C14H23N3O4S. The smallest absolute Gasteiger partial charge is 0.303 e. The SMILES string of the molecule is Cc1cc(C)nc(SCC[NH+](C)C)n1.O=C([O-])CCC(=O)O. The summed E-state index contributed by atoms with van der Waals surface area (Å²) in [6.45, 7) is 5.16. The number of quaternary nitrogens is 1. The van der Waals surface area contributed by atoms with E-state index in [1.807, 2.05) is 19.9 Å². The Morgan fingerprint density at radius 1 is 1.23 bits per heavy atom. The number of aromatic nitrogens is 2. The average Bonchev–Trinajstić information content (AvgIpc) is 2.35. The van der Waals surface area contributed by atoms with Gasteiger partial charge in [-0.15, -0.1) is 0 Å². The van der Waals surface area contributed by atoms with Crippen LogP contribution in [0.5, 0.6) is 0 Å². The number of thioether (sulfide) groups is 1. The zero-order valence-electron chi connectivity index (χ0n) is 13.4. The fourth-order valence-electron chi connectivity index (χ4n) is 1.31. The van der Waals surface area contributed by atoms with Crippen molar-refractivity contribution in [1.82, 2.24) is 9.97 Å². The lowest BCUT2D eigenvalue weighted by Crippen LogP contribution is -3.06. The highest BCUT2D eigenvalue weighted by molar-refractivity contribution is 7.99. The first kappa shape index (κ1) is 20.3. The third kappa shape index (κ3) is 12.1. The van der Waals surface area contributed by atoms with Crippen molar-refractivity contribution >= 4 is 23.7 Å². The summed E-state index contributed by atoms with van der Waals surface area (Å²) in [5.41, 5.74) is 2.11. The summed E-state index contributed by atoms with van der Waals surface area (Å²) in [5.74, 6) is -1.37. The molecular weight excluding hydrogens is 306 g/mol. The van der Waals surface area contributed by atoms with Gasteiger partial charge in [0.15, 0.2) is 5.16 Å². The van der Waals surface area contributed by atoms with Gasteiger partial charge in [0.1, 0.15) is 0 Å². The van der Waals surface area contributed by atoms with Crippen LogP contribution < -0.4 is 10.0 Å². The number of carboxylic acids is 2. The molecule has 124 valence electrons. The first-order valence-electron chi connectivity index (χ1n) is 6.86. The summed E-state index contributed by atoms with van der Waals surface area (Å²) < 4.78 is 0. The maximum atomic E-state index is 9.61. The van der Waals surface area contributed by atoms with Crippen LogP contribution in [0.4, 0.5) is 0 Å². The summed E-state index contributed by atoms with van der Waals surface area (Å²) in [7, 11) is 4.31. The fourth-order valence-corrected chi connectivity index (χ4v) is 2.42. The van der Waals surface area contributed by atoms with E-state index < -0.39 is 18.4 Å². The van der Waals surface area contributed by atoms with E-state index in [2.05, 4.69) is 24.1 Å². The van der Waals surface area contributed by atoms with E-state index in [0.29, 0.717) is 0 Å². The van der Waals surface area contributed by atoms with Gasteiger partial charge in [-0.3, -0.25) is 4.79 Å². The molecule has 2 N–H and O–H groups in total. The Kier molecular flexibility index (Phi) is 10.1. The molecule has 0 fully saturated rings. The maximum Gasteiger partial charge on any atom is 0.303 e. The van der Waals surface area contributed by atoms with Crippen molar-refractivity contribution in [2.45, 2.75) is 31.8 Å². The van der Waals surface area contributed by atoms with E-state index in [1.165, 1.54) is 4.90 Å². The van der Waals surface area contributed by atoms with Gasteiger partial charge in [0.05, 0.1) is 32.8 Å². The third-order valence-electron chi connectivity index (χ3n) is 2.34. The summed E-state index contributed by atoms with van der Waals surface area (Å²) in [6.07, 6.45) is -0.766. The molecule has 0 aliphatic carbocycles. The molecule has 0 atom stereocenters. The van der Waals surface area contributed by atoms with Crippen LogP contribution in [0.1, 0.15) is 24.2 Å². The van der Waals surface area contributed by atoms with E-state index in [9.17, 15) is 14.7 Å². The molecule has 0 radical (unpaired) electrons. The standard InChI is InChI=1S/C10H17N3S.C4H6O4/c1-8-7-9(2)12-10(11-8)14-6-5-13(3)4;5-3(6)1-2-4(7)8/h7H,5-6H2,1-4H3;1-2H2,(H,5,6)(H,7,8). The van der Waals surface area contributed by atoms with E-state index in [1.54, 1.807) is 11.8 Å². The molecule has 0 spiro atoms. The number of hydrogen-bond acceptors (Lipinski definition) is 6. The fraction of sp³-hybridized carbons (Fsp3) is 0.571. The van der Waals surface area contributed by atoms with Crippen molar-refractivity contribution in [3.63, 3.8) is 0 Å². The van der Waals surface area contributed by atoms with Crippen LogP contribution >= 0.6 is 11.8 Å². The molecule has 0 amide bonds. The number of carboxylic acid groups (broad SMARTS) is 2. The van der Waals surface area contributed by atoms with E-state index in [4.69, 9.17) is 5.11 Å². The summed E-state index contributed by atoms with van der Waals surface area (Å²) >= 11 is 1.73. The normalized spacial score (nSPS) is 10.0. The van der Waals surface area contributed by atoms with E-state index >= 15 is 0 Å². The second-order valence-corrected chi connectivity index (χ2v) is 6.07. The monoisotopic (exact) mass is 329 g/mol. The zero-order valence-corrected chi connectivity index (χ0v) is 14.2. The van der Waals surface area contributed by atoms with E-state index in [-0.39, 0.29) is 6.42 Å². The first-order valence-corrected chi connectivity index (χ1v) is 7.85. The lowest BCUT2D eigenvalue weighted by molar-refractivity contribution is -0.855. The lowest BCUT2D eigenvalue weighted by Gasteiger charge is -2.06. The molecule has 1 aromatic heterocycles. The summed E-state index contributed by atoms with van der Waals surface area (Å²) in [5, 5.41) is 18.3. The second kappa shape index (κ2) is 11.0. The Balaban J connectivity index is 0.000000472. The topological polar surface area (TPSA) is 108 Å². The van der Waals surface area contributed by atoms with Gasteiger partial charge < -0.3 is 19.9 Å². The summed E-state index contributed by atoms with van der Waals surface area (Å²) in [4.78, 5) is 29.3. The van der Waals surface area contributed by atoms with Crippen LogP contribution in [0.25, 0.3) is 0 Å². The third-order valence-corrected chi connectivity index (χ3v) is 3.19. The Labute approximate surface area is 134 Å². The van der Waals surface area contributed by atoms with Crippen molar-refractivity contribution in [3.05, 3.63) is 17.5 Å². The predicted octanol–water partition coefficient (Wildman–Crippen LogP) is -1.07. The highest BCUT2D eigenvalue weighted by Crippen LogP contribution is 2.12. The zero-order chi connectivity index (χ0) is 17.1. The molecule has 0 saturated heterocycles. The van der Waals surface area contributed by atoms with Crippen LogP contribution in [0.15, 0.2) is 11.2 Å². The number of rotatable bonds is 7. The number of nitrogens with zero attached hydrogens (tertiary/aromatic N) is 2. The summed E-state index contributed by atoms with van der Waals surface area (Å²) in [6, 6.07) is 2.00. The Bertz CT molecular complexity index is 461. The molecule has 1 rings (SSSR count). The van der Waals surface area contributed by atoms with Crippen LogP contribution in [0.3, 0.4) is 0 Å². The van der Waals surface area contributed by atoms with Gasteiger partial charge >= 0.3 is 5.97 Å². The first-order chi connectivity index (χ1) is 10.2. The largest absolute Gasteiger partial charge is 0.550 e. The van der Waals surface area contributed by atoms with Gasteiger partial charge in [-0.25, -0.2) is 9.97 Å². The van der Waals surface area contributed by atoms with Crippen LogP contribution in [0, 0.1) is 13.8 Å². The number of carbonyl (C=O) groups is 2. The quantitative estimate of drug-likeness (QED) is 0.484. The number of nitrogens with one attached hydrogen (secondary N) is 1.